The molecule has 4 N–H and O–H groups in total. The third kappa shape index (κ3) is 3.95. The Morgan fingerprint density at radius 2 is 1.76 bits per heavy atom. The number of Topliss-reactive ketones (excluding diaryl/α,β-unsaturated/α-hetero) is 3. The second kappa shape index (κ2) is 9.83. The number of aliphatic hydroxyl groups is 3. The molecule has 1 fully saturated rings. The predicted molar refractivity (Wildman–Crippen MR) is 156 cm³/mol. The smallest absolute Gasteiger partial charge is 0.203 e. The average Bonchev–Trinajstić information content (AvgIpc) is 2.90. The Hall–Kier alpha value is -3.91. The first-order valence-corrected chi connectivity index (χ1v) is 14.3. The first-order valence-electron chi connectivity index (χ1n) is 14.3. The minimum absolute atomic E-state index is 0.0654. The first-order chi connectivity index (χ1) is 19.6. The molecular weight excluding hydrogens is 536 g/mol. The highest BCUT2D eigenvalue weighted by molar-refractivity contribution is 6.24. The van der Waals surface area contributed by atoms with E-state index >= 15 is 0 Å². The minimum Gasteiger partial charge on any atom is -0.508 e. The number of fused-ring (bicyclic) bond motifs is 3. The molecule has 0 saturated heterocycles. The van der Waals surface area contributed by atoms with E-state index in [1.54, 1.807) is 27.9 Å². The number of rotatable bonds is 6. The van der Waals surface area contributed by atoms with Crippen LogP contribution >= 0.6 is 0 Å². The van der Waals surface area contributed by atoms with E-state index in [9.17, 15) is 34.8 Å². The summed E-state index contributed by atoms with van der Waals surface area (Å²) in [4.78, 5) is 40.6. The highest BCUT2D eigenvalue weighted by Gasteiger charge is 2.72. The quantitative estimate of drug-likeness (QED) is 0.354. The number of hydrogen-bond acceptors (Lipinski definition) is 8. The number of carbonyl (C=O) groups excluding carboxylic acids is 3. The van der Waals surface area contributed by atoms with Crippen LogP contribution in [0.15, 0.2) is 53.3 Å². The third-order valence-electron chi connectivity index (χ3n) is 9.80. The minimum atomic E-state index is -2.61. The molecule has 1 unspecified atom stereocenters. The lowest BCUT2D eigenvalue weighted by molar-refractivity contribution is -0.178. The normalized spacial score (nSPS) is 28.9. The van der Waals surface area contributed by atoms with Crippen molar-refractivity contribution in [1.82, 2.24) is 0 Å². The number of methoxy groups -OCH3 is 1. The number of phenols is 1. The fourth-order valence-corrected chi connectivity index (χ4v) is 8.12. The molecule has 0 aliphatic heterocycles. The van der Waals surface area contributed by atoms with Crippen LogP contribution in [0.4, 0.5) is 0 Å². The molecule has 0 radical (unpaired) electrons. The molecule has 0 heterocycles. The number of benzene rings is 2. The average molecular weight is 575 g/mol. The molecule has 42 heavy (non-hydrogen) atoms. The van der Waals surface area contributed by atoms with Crippen LogP contribution in [0.2, 0.25) is 0 Å². The lowest BCUT2D eigenvalue weighted by Gasteiger charge is -2.59. The summed E-state index contributed by atoms with van der Waals surface area (Å²) in [6, 6.07) is 11.0. The van der Waals surface area contributed by atoms with Crippen molar-refractivity contribution in [1.29, 1.82) is 0 Å². The maximum atomic E-state index is 14.4. The molecule has 0 aromatic heterocycles. The van der Waals surface area contributed by atoms with Crippen molar-refractivity contribution in [3.63, 3.8) is 0 Å². The van der Waals surface area contributed by atoms with Crippen LogP contribution in [0.5, 0.6) is 11.5 Å². The molecule has 8 nitrogen and oxygen atoms in total. The number of carbonyl (C=O) groups is 3. The van der Waals surface area contributed by atoms with Crippen molar-refractivity contribution >= 4 is 23.1 Å². The van der Waals surface area contributed by atoms with Gasteiger partial charge in [-0.2, -0.15) is 0 Å². The van der Waals surface area contributed by atoms with Gasteiger partial charge in [0.25, 0.3) is 0 Å². The Bertz CT molecular complexity index is 1600. The molecule has 222 valence electrons. The molecule has 8 heteroatoms. The molecule has 0 amide bonds. The van der Waals surface area contributed by atoms with E-state index in [4.69, 9.17) is 4.74 Å². The summed E-state index contributed by atoms with van der Waals surface area (Å²) < 4.78 is 5.34. The summed E-state index contributed by atoms with van der Waals surface area (Å²) in [5.74, 6) is -4.51. The molecular formula is C34H38O8. The Balaban J connectivity index is 1.68. The van der Waals surface area contributed by atoms with Gasteiger partial charge in [0.1, 0.15) is 28.6 Å². The maximum absolute atomic E-state index is 14.4. The second-order valence-electron chi connectivity index (χ2n) is 12.9. The molecule has 0 bridgehead atoms. The zero-order chi connectivity index (χ0) is 30.9. The van der Waals surface area contributed by atoms with Crippen LogP contribution in [0, 0.1) is 22.7 Å². The van der Waals surface area contributed by atoms with Gasteiger partial charge in [-0.25, -0.2) is 0 Å². The molecule has 4 atom stereocenters. The van der Waals surface area contributed by atoms with Crippen LogP contribution in [0.3, 0.4) is 0 Å². The Kier molecular flexibility index (Phi) is 6.93. The van der Waals surface area contributed by atoms with E-state index in [0.29, 0.717) is 18.4 Å². The zero-order valence-corrected chi connectivity index (χ0v) is 24.9. The van der Waals surface area contributed by atoms with Gasteiger partial charge in [-0.1, -0.05) is 45.9 Å². The zero-order valence-electron chi connectivity index (χ0n) is 24.9. The van der Waals surface area contributed by atoms with Gasteiger partial charge in [0.05, 0.1) is 12.7 Å². The topological polar surface area (TPSA) is 141 Å². The third-order valence-corrected chi connectivity index (χ3v) is 9.80. The molecule has 2 aromatic carbocycles. The van der Waals surface area contributed by atoms with Crippen molar-refractivity contribution in [2.24, 2.45) is 22.7 Å². The van der Waals surface area contributed by atoms with Crippen molar-refractivity contribution in [3.8, 4) is 11.5 Å². The summed E-state index contributed by atoms with van der Waals surface area (Å²) in [6.07, 6.45) is 1.57. The largest absolute Gasteiger partial charge is 0.508 e. The lowest BCUT2D eigenvalue weighted by Crippen LogP contribution is -2.69. The number of aryl methyl sites for hydroxylation is 2. The van der Waals surface area contributed by atoms with Gasteiger partial charge in [-0.3, -0.25) is 14.4 Å². The summed E-state index contributed by atoms with van der Waals surface area (Å²) in [6.45, 7) is 8.11. The molecule has 3 aliphatic rings. The summed E-state index contributed by atoms with van der Waals surface area (Å²) in [7, 11) is 1.61. The fourth-order valence-electron chi connectivity index (χ4n) is 8.12. The Morgan fingerprint density at radius 1 is 1.07 bits per heavy atom. The number of ketones is 3. The second-order valence-corrected chi connectivity index (χ2v) is 12.9. The van der Waals surface area contributed by atoms with Gasteiger partial charge in [0.15, 0.2) is 17.2 Å². The summed E-state index contributed by atoms with van der Waals surface area (Å²) in [5.41, 5.74) is -3.10. The van der Waals surface area contributed by atoms with Gasteiger partial charge in [0.2, 0.25) is 5.78 Å². The van der Waals surface area contributed by atoms with Crippen LogP contribution in [0.25, 0.3) is 5.76 Å². The van der Waals surface area contributed by atoms with E-state index in [1.165, 1.54) is 6.07 Å². The number of allylic oxidation sites excluding steroid dienone is 1. The van der Waals surface area contributed by atoms with Gasteiger partial charge in [-0.05, 0) is 73.4 Å². The Morgan fingerprint density at radius 3 is 2.38 bits per heavy atom. The summed E-state index contributed by atoms with van der Waals surface area (Å²) >= 11 is 0. The van der Waals surface area contributed by atoms with E-state index in [-0.39, 0.29) is 35.6 Å². The van der Waals surface area contributed by atoms with E-state index < -0.39 is 56.8 Å². The number of aromatic hydroxyl groups is 1. The monoisotopic (exact) mass is 574 g/mol. The van der Waals surface area contributed by atoms with Crippen LogP contribution in [-0.2, 0) is 33.6 Å². The predicted octanol–water partition coefficient (Wildman–Crippen LogP) is 4.98. The Labute approximate surface area is 245 Å². The van der Waals surface area contributed by atoms with Gasteiger partial charge < -0.3 is 25.2 Å². The van der Waals surface area contributed by atoms with Gasteiger partial charge in [-0.15, -0.1) is 0 Å². The van der Waals surface area contributed by atoms with Crippen molar-refractivity contribution in [3.05, 3.63) is 75.6 Å². The standard InChI is InChI=1S/C34H38O8/c1-17(2)26-28(37)24(18(3)35)30(39)34(41)31(40)27-29(38)25-22(15-32(27,4)16-33(26,34)5)20(12-13-23(25)36)11-10-19-8-7-9-21(14-19)42-6/h7-9,12-14,17,26,36,38-39,41H,10-11,15-16H2,1-6H3/t26?,32-,33-,34+/m1/s1. The van der Waals surface area contributed by atoms with Crippen LogP contribution in [0.1, 0.15) is 63.3 Å². The fraction of sp³-hybridized carbons (Fsp3) is 0.441. The first kappa shape index (κ1) is 29.6. The van der Waals surface area contributed by atoms with Crippen molar-refractivity contribution < 1.29 is 39.5 Å². The molecule has 3 aliphatic carbocycles. The van der Waals surface area contributed by atoms with Crippen LogP contribution < -0.4 is 4.74 Å². The van der Waals surface area contributed by atoms with E-state index in [1.807, 2.05) is 37.3 Å². The lowest BCUT2D eigenvalue weighted by atomic mass is 9.43. The molecule has 2 aromatic rings. The summed E-state index contributed by atoms with van der Waals surface area (Å²) in [5, 5.41) is 46.0. The van der Waals surface area contributed by atoms with Gasteiger partial charge in [0, 0.05) is 22.3 Å². The highest BCUT2D eigenvalue weighted by Crippen LogP contribution is 2.65. The molecule has 1 saturated carbocycles. The van der Waals surface area contributed by atoms with Crippen LogP contribution in [-0.4, -0.2) is 50.5 Å². The number of ether oxygens (including phenoxy) is 1. The van der Waals surface area contributed by atoms with Crippen molar-refractivity contribution in [2.45, 2.75) is 65.9 Å². The van der Waals surface area contributed by atoms with Gasteiger partial charge >= 0.3 is 0 Å². The number of aliphatic hydroxyl groups excluding tert-OH is 2. The SMILES string of the molecule is COc1cccc(CCc2ccc(O)c3c2C[C@]2(C)C[C@]4(C)C(C(C)C)C(=O)C(C(C)=O)=C(O)[C@]4(O)C(=O)C2=C3O)c1. The van der Waals surface area contributed by atoms with E-state index in [2.05, 4.69) is 0 Å². The van der Waals surface area contributed by atoms with E-state index in [0.717, 1.165) is 23.8 Å². The highest BCUT2D eigenvalue weighted by atomic mass is 16.5. The van der Waals surface area contributed by atoms with Crippen molar-refractivity contribution in [2.75, 3.05) is 7.11 Å². The molecule has 0 spiro atoms. The number of hydrogen-bond donors (Lipinski definition) is 4. The molecule has 5 rings (SSSR count). The number of phenolic OH excluding ortho intramolecular Hbond substituents is 1. The maximum Gasteiger partial charge on any atom is 0.203 e.